The summed E-state index contributed by atoms with van der Waals surface area (Å²) in [7, 11) is 0. The average Bonchev–Trinajstić information content (AvgIpc) is 3.44. The van der Waals surface area contributed by atoms with Gasteiger partial charge in [0.15, 0.2) is 0 Å². The Morgan fingerprint density at radius 2 is 2.00 bits per heavy atom. The van der Waals surface area contributed by atoms with Gasteiger partial charge in [0.25, 0.3) is 0 Å². The number of rotatable bonds is 7. The van der Waals surface area contributed by atoms with Crippen molar-refractivity contribution in [3.63, 3.8) is 0 Å². The van der Waals surface area contributed by atoms with Gasteiger partial charge in [-0.1, -0.05) is 36.7 Å². The Morgan fingerprint density at radius 3 is 2.52 bits per heavy atom. The van der Waals surface area contributed by atoms with E-state index in [1.807, 2.05) is 0 Å². The molecular weight excluding hydrogens is 438 g/mol. The van der Waals surface area contributed by atoms with Gasteiger partial charge >= 0.3 is 12.1 Å². The highest BCUT2D eigenvalue weighted by Gasteiger charge is 2.48. The van der Waals surface area contributed by atoms with Gasteiger partial charge in [0.1, 0.15) is 5.82 Å². The molecule has 3 atom stereocenters. The van der Waals surface area contributed by atoms with E-state index in [0.29, 0.717) is 23.4 Å². The van der Waals surface area contributed by atoms with Crippen molar-refractivity contribution in [3.05, 3.63) is 52.8 Å². The minimum absolute atomic E-state index is 0.139. The predicted octanol–water partition coefficient (Wildman–Crippen LogP) is 5.78. The molecule has 1 aromatic carbocycles. The summed E-state index contributed by atoms with van der Waals surface area (Å²) in [5.74, 6) is -6.97. The first-order chi connectivity index (χ1) is 14.4. The second-order valence-corrected chi connectivity index (χ2v) is 8.67. The molecule has 2 aliphatic carbocycles. The summed E-state index contributed by atoms with van der Waals surface area (Å²) < 4.78 is 54.9. The minimum atomic E-state index is -4.62. The van der Waals surface area contributed by atoms with Crippen LogP contribution in [0, 0.1) is 23.6 Å². The third-order valence-corrected chi connectivity index (χ3v) is 6.37. The zero-order valence-electron chi connectivity index (χ0n) is 16.7. The van der Waals surface area contributed by atoms with Crippen LogP contribution < -0.4 is 5.32 Å². The highest BCUT2D eigenvalue weighted by Crippen LogP contribution is 2.51. The van der Waals surface area contributed by atoms with E-state index >= 15 is 0 Å². The van der Waals surface area contributed by atoms with E-state index in [-0.39, 0.29) is 18.5 Å². The quantitative estimate of drug-likeness (QED) is 0.508. The zero-order valence-corrected chi connectivity index (χ0v) is 17.4. The lowest BCUT2D eigenvalue weighted by molar-refractivity contribution is -0.188. The Kier molecular flexibility index (Phi) is 6.51. The number of aliphatic carboxylic acids is 1. The molecule has 31 heavy (non-hydrogen) atoms. The molecule has 168 valence electrons. The first-order valence-corrected chi connectivity index (χ1v) is 10.2. The fourth-order valence-corrected chi connectivity index (χ4v) is 4.21. The summed E-state index contributed by atoms with van der Waals surface area (Å²) in [6, 6.07) is 3.87. The number of carboxylic acids is 1. The van der Waals surface area contributed by atoms with Crippen LogP contribution in [0.1, 0.15) is 38.2 Å². The van der Waals surface area contributed by atoms with Gasteiger partial charge in [0.05, 0.1) is 23.9 Å². The molecular formula is C22H22ClF4NO3. The second kappa shape index (κ2) is 8.65. The smallest absolute Gasteiger partial charge is 0.392 e. The van der Waals surface area contributed by atoms with Crippen molar-refractivity contribution in [3.8, 4) is 0 Å². The second-order valence-electron chi connectivity index (χ2n) is 8.24. The molecule has 2 aliphatic rings. The van der Waals surface area contributed by atoms with E-state index in [9.17, 15) is 27.2 Å². The number of carboxylic acid groups (broad SMARTS) is 1. The first kappa shape index (κ1) is 23.3. The number of nitrogens with one attached hydrogen (secondary N) is 1. The van der Waals surface area contributed by atoms with Gasteiger partial charge in [-0.05, 0) is 49.0 Å². The van der Waals surface area contributed by atoms with Gasteiger partial charge in [0.2, 0.25) is 5.91 Å². The molecule has 0 aromatic heterocycles. The number of allylic oxidation sites excluding steroid dienone is 4. The highest BCUT2D eigenvalue weighted by molar-refractivity contribution is 6.31. The van der Waals surface area contributed by atoms with E-state index in [2.05, 4.69) is 5.32 Å². The van der Waals surface area contributed by atoms with Crippen LogP contribution in [0.5, 0.6) is 0 Å². The number of hydrogen-bond donors (Lipinski definition) is 2. The van der Waals surface area contributed by atoms with Crippen LogP contribution in [-0.4, -0.2) is 23.2 Å². The average molecular weight is 460 g/mol. The van der Waals surface area contributed by atoms with Crippen molar-refractivity contribution in [2.24, 2.45) is 17.8 Å². The van der Waals surface area contributed by atoms with Crippen LogP contribution in [-0.2, 0) is 15.0 Å². The van der Waals surface area contributed by atoms with Crippen molar-refractivity contribution >= 4 is 29.2 Å². The Hall–Kier alpha value is -2.35. The molecule has 0 radical (unpaired) electrons. The summed E-state index contributed by atoms with van der Waals surface area (Å²) in [5.41, 5.74) is -0.350. The molecule has 1 fully saturated rings. The lowest BCUT2D eigenvalue weighted by Gasteiger charge is -2.31. The molecule has 9 heteroatoms. The Labute approximate surface area is 182 Å². The molecule has 0 bridgehead atoms. The molecule has 4 nitrogen and oxygen atoms in total. The number of carbonyl (C=O) groups is 2. The summed E-state index contributed by atoms with van der Waals surface area (Å²) in [6.07, 6.45) is 1.05. The van der Waals surface area contributed by atoms with Crippen LogP contribution in [0.25, 0.3) is 0 Å². The van der Waals surface area contributed by atoms with Gasteiger partial charge in [0, 0.05) is 10.4 Å². The topological polar surface area (TPSA) is 66.4 Å². The summed E-state index contributed by atoms with van der Waals surface area (Å²) in [6.45, 7) is 0.927. The fraction of sp³-hybridized carbons (Fsp3) is 0.455. The van der Waals surface area contributed by atoms with Crippen LogP contribution >= 0.6 is 11.6 Å². The highest BCUT2D eigenvalue weighted by atomic mass is 35.5. The number of benzene rings is 1. The Balaban J connectivity index is 1.87. The molecule has 0 saturated heterocycles. The number of anilines is 1. The van der Waals surface area contributed by atoms with Crippen molar-refractivity contribution in [2.75, 3.05) is 5.32 Å². The van der Waals surface area contributed by atoms with Crippen LogP contribution in [0.3, 0.4) is 0 Å². The van der Waals surface area contributed by atoms with E-state index in [4.69, 9.17) is 16.7 Å². The summed E-state index contributed by atoms with van der Waals surface area (Å²) in [4.78, 5) is 24.1. The maximum absolute atomic E-state index is 14.4. The predicted molar refractivity (Wildman–Crippen MR) is 108 cm³/mol. The maximum atomic E-state index is 14.4. The first-order valence-electron chi connectivity index (χ1n) is 9.86. The molecule has 1 aromatic rings. The van der Waals surface area contributed by atoms with E-state index < -0.39 is 47.0 Å². The molecule has 1 unspecified atom stereocenters. The number of carbonyl (C=O) groups excluding carboxylic acids is 1. The number of amides is 1. The van der Waals surface area contributed by atoms with Crippen molar-refractivity contribution in [1.82, 2.24) is 0 Å². The molecule has 0 spiro atoms. The van der Waals surface area contributed by atoms with Gasteiger partial charge in [-0.3, -0.25) is 9.59 Å². The molecule has 0 heterocycles. The van der Waals surface area contributed by atoms with E-state index in [1.54, 1.807) is 6.08 Å². The zero-order chi connectivity index (χ0) is 23.0. The van der Waals surface area contributed by atoms with Gasteiger partial charge < -0.3 is 10.4 Å². The van der Waals surface area contributed by atoms with Gasteiger partial charge in [-0.2, -0.15) is 13.2 Å². The Morgan fingerprint density at radius 1 is 1.32 bits per heavy atom. The van der Waals surface area contributed by atoms with E-state index in [0.717, 1.165) is 13.0 Å². The number of hydrogen-bond acceptors (Lipinski definition) is 2. The maximum Gasteiger partial charge on any atom is 0.392 e. The van der Waals surface area contributed by atoms with Crippen LogP contribution in [0.4, 0.5) is 23.2 Å². The fourth-order valence-electron chi connectivity index (χ4n) is 4.05. The van der Waals surface area contributed by atoms with Crippen molar-refractivity contribution in [2.45, 2.75) is 44.2 Å². The van der Waals surface area contributed by atoms with Gasteiger partial charge in [-0.15, -0.1) is 0 Å². The van der Waals surface area contributed by atoms with Gasteiger partial charge in [-0.25, -0.2) is 4.39 Å². The standard InChI is InChI=1S/C22H22ClF4NO3/c1-12(22(25,26)27)19(13-2-5-15(23)6-3-13)20(31)28-17-10-14(4-7-16(17)24)21(8-9-21)11-18(29)30/h2,4-7,10,12-13,19H,3,8-9,11H2,1H3,(H,28,31)(H,29,30)/t12-,13?,19+/m1/s1. The lowest BCUT2D eigenvalue weighted by Crippen LogP contribution is -2.40. The summed E-state index contributed by atoms with van der Waals surface area (Å²) >= 11 is 5.85. The molecule has 2 N–H and O–H groups in total. The summed E-state index contributed by atoms with van der Waals surface area (Å²) in [5, 5.41) is 11.8. The molecule has 1 saturated carbocycles. The van der Waals surface area contributed by atoms with Crippen molar-refractivity contribution in [1.29, 1.82) is 0 Å². The normalized spacial score (nSPS) is 21.7. The number of halogens is 5. The lowest BCUT2D eigenvalue weighted by atomic mass is 9.78. The third-order valence-electron chi connectivity index (χ3n) is 6.09. The molecule has 3 rings (SSSR count). The number of alkyl halides is 3. The SMILES string of the molecule is C[C@H]([C@H](C(=O)Nc1cc(C2(CC(=O)O)CC2)ccc1F)C1C=CC(Cl)=CC1)C(F)(F)F. The molecule has 0 aliphatic heterocycles. The van der Waals surface area contributed by atoms with Crippen LogP contribution in [0.15, 0.2) is 41.5 Å². The monoisotopic (exact) mass is 459 g/mol. The van der Waals surface area contributed by atoms with Crippen LogP contribution in [0.2, 0.25) is 0 Å². The van der Waals surface area contributed by atoms with E-state index in [1.165, 1.54) is 24.3 Å². The van der Waals surface area contributed by atoms with Crippen molar-refractivity contribution < 1.29 is 32.3 Å². The molecule has 1 amide bonds. The third kappa shape index (κ3) is 5.29. The Bertz CT molecular complexity index is 937. The largest absolute Gasteiger partial charge is 0.481 e. The minimum Gasteiger partial charge on any atom is -0.481 e.